The number of hydrogen-bond acceptors (Lipinski definition) is 1. The fourth-order valence-corrected chi connectivity index (χ4v) is 2.09. The van der Waals surface area contributed by atoms with Crippen LogP contribution in [0.2, 0.25) is 5.32 Å². The van der Waals surface area contributed by atoms with E-state index >= 15 is 0 Å². The molecule has 1 rings (SSSR count). The van der Waals surface area contributed by atoms with E-state index in [0.29, 0.717) is 4.68 Å². The molecule has 0 spiro atoms. The molecule has 0 aliphatic carbocycles. The van der Waals surface area contributed by atoms with Gasteiger partial charge in [-0.1, -0.05) is 0 Å². The monoisotopic (exact) mass is 228 g/mol. The van der Waals surface area contributed by atoms with Gasteiger partial charge in [-0.05, 0) is 0 Å². The molecule has 0 saturated carbocycles. The van der Waals surface area contributed by atoms with Crippen LogP contribution in [0.25, 0.3) is 0 Å². The molecule has 0 atom stereocenters. The van der Waals surface area contributed by atoms with Crippen molar-refractivity contribution in [3.63, 3.8) is 0 Å². The number of rotatable bonds is 3. The quantitative estimate of drug-likeness (QED) is 0.724. The Labute approximate surface area is 79.3 Å². The second-order valence-corrected chi connectivity index (χ2v) is 5.18. The van der Waals surface area contributed by atoms with Gasteiger partial charge >= 0.3 is 79.0 Å². The van der Waals surface area contributed by atoms with Crippen molar-refractivity contribution in [3.8, 4) is 0 Å². The second kappa shape index (κ2) is 4.44. The summed E-state index contributed by atoms with van der Waals surface area (Å²) in [4.78, 5) is 11.4. The SMILES string of the molecule is CC[Se]C(=O)c1ccc(C)cc1. The van der Waals surface area contributed by atoms with Crippen molar-refractivity contribution in [2.45, 2.75) is 19.2 Å². The number of aryl methyl sites for hydroxylation is 1. The van der Waals surface area contributed by atoms with Crippen LogP contribution in [0.5, 0.6) is 0 Å². The van der Waals surface area contributed by atoms with Gasteiger partial charge < -0.3 is 0 Å². The first-order valence-corrected chi connectivity index (χ1v) is 6.04. The molecule has 0 amide bonds. The summed E-state index contributed by atoms with van der Waals surface area (Å²) in [5, 5.41) is 0.986. The standard InChI is InChI=1S/C10H12OSe/c1-3-12-10(11)9-6-4-8(2)5-7-9/h4-7H,3H2,1-2H3. The molecular weight excluding hydrogens is 215 g/mol. The molecule has 0 fully saturated rings. The first-order valence-electron chi connectivity index (χ1n) is 3.98. The van der Waals surface area contributed by atoms with Crippen LogP contribution < -0.4 is 0 Å². The molecule has 1 aromatic rings. The van der Waals surface area contributed by atoms with Crippen LogP contribution in [0.3, 0.4) is 0 Å². The Morgan fingerprint density at radius 3 is 2.42 bits per heavy atom. The Kier molecular flexibility index (Phi) is 3.51. The predicted octanol–water partition coefficient (Wildman–Crippen LogP) is 2.28. The zero-order valence-electron chi connectivity index (χ0n) is 7.33. The maximum absolute atomic E-state index is 11.4. The number of benzene rings is 1. The van der Waals surface area contributed by atoms with Gasteiger partial charge in [0.1, 0.15) is 0 Å². The van der Waals surface area contributed by atoms with Crippen molar-refractivity contribution in [2.75, 3.05) is 0 Å². The Bertz CT molecular complexity index is 264. The van der Waals surface area contributed by atoms with Crippen LogP contribution in [0.4, 0.5) is 0 Å². The van der Waals surface area contributed by atoms with Crippen LogP contribution in [0, 0.1) is 6.92 Å². The zero-order valence-corrected chi connectivity index (χ0v) is 9.05. The van der Waals surface area contributed by atoms with E-state index in [9.17, 15) is 4.79 Å². The third kappa shape index (κ3) is 2.47. The fourth-order valence-electron chi connectivity index (χ4n) is 0.904. The van der Waals surface area contributed by atoms with Gasteiger partial charge in [-0.2, -0.15) is 0 Å². The van der Waals surface area contributed by atoms with Gasteiger partial charge in [-0.3, -0.25) is 0 Å². The van der Waals surface area contributed by atoms with Gasteiger partial charge in [0.2, 0.25) is 0 Å². The molecule has 64 valence electrons. The van der Waals surface area contributed by atoms with E-state index in [2.05, 4.69) is 0 Å². The molecule has 0 unspecified atom stereocenters. The van der Waals surface area contributed by atoms with Crippen molar-refractivity contribution in [1.82, 2.24) is 0 Å². The molecule has 0 N–H and O–H groups in total. The summed E-state index contributed by atoms with van der Waals surface area (Å²) in [7, 11) is 0. The molecule has 2 heteroatoms. The molecule has 0 saturated heterocycles. The first kappa shape index (κ1) is 9.50. The number of carbonyl (C=O) groups is 1. The first-order chi connectivity index (χ1) is 5.74. The minimum absolute atomic E-state index is 0.134. The Balaban J connectivity index is 2.75. The van der Waals surface area contributed by atoms with E-state index in [4.69, 9.17) is 0 Å². The summed E-state index contributed by atoms with van der Waals surface area (Å²) in [6, 6.07) is 7.79. The van der Waals surface area contributed by atoms with Crippen LogP contribution in [-0.4, -0.2) is 19.6 Å². The molecule has 0 aliphatic heterocycles. The summed E-state index contributed by atoms with van der Waals surface area (Å²) in [5.41, 5.74) is 2.07. The Morgan fingerprint density at radius 2 is 1.92 bits per heavy atom. The third-order valence-electron chi connectivity index (χ3n) is 1.56. The normalized spacial score (nSPS) is 9.83. The summed E-state index contributed by atoms with van der Waals surface area (Å²) < 4.78 is 0.310. The molecule has 0 radical (unpaired) electrons. The molecule has 12 heavy (non-hydrogen) atoms. The summed E-state index contributed by atoms with van der Waals surface area (Å²) in [6.45, 7) is 4.07. The van der Waals surface area contributed by atoms with Crippen LogP contribution in [0.1, 0.15) is 22.8 Å². The van der Waals surface area contributed by atoms with Gasteiger partial charge in [-0.15, -0.1) is 0 Å². The zero-order chi connectivity index (χ0) is 8.97. The van der Waals surface area contributed by atoms with Crippen LogP contribution >= 0.6 is 0 Å². The molecule has 1 aromatic carbocycles. The van der Waals surface area contributed by atoms with Crippen molar-refractivity contribution >= 4 is 19.6 Å². The summed E-state index contributed by atoms with van der Waals surface area (Å²) in [6.07, 6.45) is 0. The minimum atomic E-state index is 0.134. The average Bonchev–Trinajstić information content (AvgIpc) is 2.06. The third-order valence-corrected chi connectivity index (χ3v) is 3.21. The van der Waals surface area contributed by atoms with E-state index in [0.717, 1.165) is 10.9 Å². The van der Waals surface area contributed by atoms with E-state index in [1.807, 2.05) is 38.1 Å². The number of carbonyl (C=O) groups excluding carboxylic acids is 1. The van der Waals surface area contributed by atoms with Gasteiger partial charge in [0.15, 0.2) is 0 Å². The van der Waals surface area contributed by atoms with Crippen molar-refractivity contribution < 1.29 is 4.79 Å². The number of hydrogen-bond donors (Lipinski definition) is 0. The van der Waals surface area contributed by atoms with Crippen molar-refractivity contribution in [2.24, 2.45) is 0 Å². The van der Waals surface area contributed by atoms with E-state index in [-0.39, 0.29) is 15.0 Å². The molecule has 1 nitrogen and oxygen atoms in total. The molecule has 0 heterocycles. The van der Waals surface area contributed by atoms with Gasteiger partial charge in [0.25, 0.3) is 0 Å². The summed E-state index contributed by atoms with van der Waals surface area (Å²) >= 11 is 0.134. The van der Waals surface area contributed by atoms with Crippen molar-refractivity contribution in [1.29, 1.82) is 0 Å². The van der Waals surface area contributed by atoms with Gasteiger partial charge in [0.05, 0.1) is 0 Å². The van der Waals surface area contributed by atoms with Crippen LogP contribution in [-0.2, 0) is 0 Å². The molecular formula is C10H12OSe. The Morgan fingerprint density at radius 1 is 1.33 bits per heavy atom. The molecule has 0 aromatic heterocycles. The van der Waals surface area contributed by atoms with Crippen molar-refractivity contribution in [3.05, 3.63) is 35.4 Å². The van der Waals surface area contributed by atoms with Gasteiger partial charge in [0, 0.05) is 0 Å². The van der Waals surface area contributed by atoms with E-state index in [1.54, 1.807) is 0 Å². The molecule has 0 aliphatic rings. The average molecular weight is 227 g/mol. The predicted molar refractivity (Wildman–Crippen MR) is 51.7 cm³/mol. The van der Waals surface area contributed by atoms with E-state index in [1.165, 1.54) is 5.56 Å². The van der Waals surface area contributed by atoms with Gasteiger partial charge in [-0.25, -0.2) is 0 Å². The topological polar surface area (TPSA) is 17.1 Å². The van der Waals surface area contributed by atoms with Crippen LogP contribution in [0.15, 0.2) is 24.3 Å². The maximum atomic E-state index is 11.4. The van der Waals surface area contributed by atoms with E-state index < -0.39 is 0 Å². The summed E-state index contributed by atoms with van der Waals surface area (Å²) in [5.74, 6) is 0. The second-order valence-electron chi connectivity index (χ2n) is 2.59. The fraction of sp³-hybridized carbons (Fsp3) is 0.300. The Hall–Kier alpha value is -0.591. The molecule has 0 bridgehead atoms.